The summed E-state index contributed by atoms with van der Waals surface area (Å²) in [6.45, 7) is 7.99. The highest BCUT2D eigenvalue weighted by molar-refractivity contribution is 6.15. The maximum atomic E-state index is 15.5. The van der Waals surface area contributed by atoms with Crippen LogP contribution in [0.1, 0.15) is 31.9 Å². The maximum absolute atomic E-state index is 15.5. The van der Waals surface area contributed by atoms with Crippen LogP contribution in [-0.2, 0) is 12.5 Å². The fraction of sp³-hybridized carbons (Fsp3) is 0.182. The van der Waals surface area contributed by atoms with Crippen LogP contribution >= 0.6 is 0 Å². The predicted molar refractivity (Wildman–Crippen MR) is 147 cm³/mol. The number of halogens is 2. The molecule has 2 nitrogen and oxygen atoms in total. The lowest BCUT2D eigenvalue weighted by molar-refractivity contribution is -0.661. The molecule has 0 unspecified atom stereocenters. The monoisotopic (exact) mass is 492 g/mol. The number of aromatic nitrogens is 1. The Balaban J connectivity index is 1.69. The summed E-state index contributed by atoms with van der Waals surface area (Å²) < 4.78 is 39.4. The van der Waals surface area contributed by atoms with E-state index in [0.29, 0.717) is 28.0 Å². The number of rotatable bonds is 2. The van der Waals surface area contributed by atoms with Crippen LogP contribution in [-0.4, -0.2) is 0 Å². The molecule has 0 saturated heterocycles. The minimum Gasteiger partial charge on any atom is -0.454 e. The van der Waals surface area contributed by atoms with Crippen molar-refractivity contribution >= 4 is 32.7 Å². The van der Waals surface area contributed by atoms with Gasteiger partial charge >= 0.3 is 0 Å². The van der Waals surface area contributed by atoms with Gasteiger partial charge in [0.2, 0.25) is 5.69 Å². The van der Waals surface area contributed by atoms with E-state index in [1.807, 2.05) is 100 Å². The number of nitrogens with zero attached hydrogens (tertiary/aromatic N) is 1. The summed E-state index contributed by atoms with van der Waals surface area (Å²) in [6, 6.07) is 22.7. The number of hydrogen-bond acceptors (Lipinski definition) is 1. The van der Waals surface area contributed by atoms with Crippen molar-refractivity contribution in [2.24, 2.45) is 7.05 Å². The largest absolute Gasteiger partial charge is 0.454 e. The zero-order chi connectivity index (χ0) is 26.1. The van der Waals surface area contributed by atoms with E-state index in [0.717, 1.165) is 38.2 Å². The molecule has 4 aromatic carbocycles. The van der Waals surface area contributed by atoms with E-state index in [9.17, 15) is 0 Å². The number of fused-ring (bicyclic) bond motifs is 4. The molecule has 37 heavy (non-hydrogen) atoms. The highest BCUT2D eigenvalue weighted by Crippen LogP contribution is 2.43. The van der Waals surface area contributed by atoms with Crippen molar-refractivity contribution in [3.05, 3.63) is 102 Å². The average molecular weight is 493 g/mol. The first-order valence-corrected chi connectivity index (χ1v) is 12.5. The Bertz CT molecular complexity index is 1850. The van der Waals surface area contributed by atoms with Crippen LogP contribution in [0.25, 0.3) is 55.1 Å². The van der Waals surface area contributed by atoms with Gasteiger partial charge in [-0.1, -0.05) is 75.4 Å². The van der Waals surface area contributed by atoms with E-state index in [2.05, 4.69) is 0 Å². The van der Waals surface area contributed by atoms with Gasteiger partial charge in [0, 0.05) is 16.8 Å². The third kappa shape index (κ3) is 3.62. The van der Waals surface area contributed by atoms with Crippen molar-refractivity contribution in [1.29, 1.82) is 0 Å². The fourth-order valence-corrected chi connectivity index (χ4v) is 5.42. The van der Waals surface area contributed by atoms with Crippen LogP contribution in [0.15, 0.2) is 83.4 Å². The second kappa shape index (κ2) is 8.24. The van der Waals surface area contributed by atoms with Gasteiger partial charge in [-0.3, -0.25) is 0 Å². The molecule has 6 rings (SSSR count). The Kier molecular flexibility index (Phi) is 5.20. The summed E-state index contributed by atoms with van der Waals surface area (Å²) in [4.78, 5) is 0. The summed E-state index contributed by atoms with van der Waals surface area (Å²) in [6.07, 6.45) is 1.85. The zero-order valence-electron chi connectivity index (χ0n) is 21.6. The molecule has 4 heteroatoms. The fourth-order valence-electron chi connectivity index (χ4n) is 5.42. The van der Waals surface area contributed by atoms with Crippen molar-refractivity contribution < 1.29 is 17.8 Å². The molecule has 2 heterocycles. The molecule has 184 valence electrons. The third-order valence-corrected chi connectivity index (χ3v) is 7.31. The van der Waals surface area contributed by atoms with E-state index in [1.54, 1.807) is 12.1 Å². The second-order valence-corrected chi connectivity index (χ2v) is 10.8. The normalized spacial score (nSPS) is 12.2. The highest BCUT2D eigenvalue weighted by Gasteiger charge is 2.28. The van der Waals surface area contributed by atoms with Gasteiger partial charge in [0.15, 0.2) is 6.20 Å². The molecule has 0 spiro atoms. The van der Waals surface area contributed by atoms with Gasteiger partial charge in [-0.2, -0.15) is 0 Å². The number of benzene rings is 4. The molecule has 0 saturated carbocycles. The van der Waals surface area contributed by atoms with Crippen molar-refractivity contribution in [3.63, 3.8) is 0 Å². The van der Waals surface area contributed by atoms with Gasteiger partial charge in [-0.25, -0.2) is 13.3 Å². The molecule has 0 atom stereocenters. The van der Waals surface area contributed by atoms with Gasteiger partial charge in [0.05, 0.1) is 16.7 Å². The molecule has 0 bridgehead atoms. The Morgan fingerprint density at radius 1 is 0.730 bits per heavy atom. The van der Waals surface area contributed by atoms with E-state index in [4.69, 9.17) is 4.42 Å². The van der Waals surface area contributed by atoms with Crippen molar-refractivity contribution in [2.45, 2.75) is 33.1 Å². The minimum absolute atomic E-state index is 0.254. The lowest BCUT2D eigenvalue weighted by Crippen LogP contribution is -2.34. The Morgan fingerprint density at radius 3 is 2.16 bits per heavy atom. The third-order valence-electron chi connectivity index (χ3n) is 7.31. The van der Waals surface area contributed by atoms with Gasteiger partial charge < -0.3 is 4.42 Å². The molecule has 0 aliphatic heterocycles. The topological polar surface area (TPSA) is 17.0 Å². The average Bonchev–Trinajstić information content (AvgIpc) is 3.23. The Labute approximate surface area is 214 Å². The first-order valence-electron chi connectivity index (χ1n) is 12.5. The quantitative estimate of drug-likeness (QED) is 0.221. The maximum Gasteiger partial charge on any atom is 0.219 e. The number of pyridine rings is 1. The van der Waals surface area contributed by atoms with E-state index < -0.39 is 0 Å². The van der Waals surface area contributed by atoms with Crippen LogP contribution in [0.2, 0.25) is 0 Å². The molecular formula is C33H28F2NO+. The van der Waals surface area contributed by atoms with Gasteiger partial charge in [0.1, 0.15) is 29.8 Å². The Hall–Kier alpha value is -4.05. The smallest absolute Gasteiger partial charge is 0.219 e. The molecule has 2 aromatic heterocycles. The van der Waals surface area contributed by atoms with Crippen molar-refractivity contribution in [3.8, 4) is 22.4 Å². The Morgan fingerprint density at radius 2 is 1.41 bits per heavy atom. The van der Waals surface area contributed by atoms with Crippen LogP contribution in [0, 0.1) is 18.6 Å². The summed E-state index contributed by atoms with van der Waals surface area (Å²) in [5, 5.41) is 3.69. The number of hydrogen-bond donors (Lipinski definition) is 0. The molecule has 6 aromatic rings. The van der Waals surface area contributed by atoms with Gasteiger partial charge in [-0.05, 0) is 46.4 Å². The molecular weight excluding hydrogens is 464 g/mol. The lowest BCUT2D eigenvalue weighted by Gasteiger charge is -2.18. The van der Waals surface area contributed by atoms with Crippen LogP contribution in [0.5, 0.6) is 0 Å². The first-order chi connectivity index (χ1) is 17.6. The predicted octanol–water partition coefficient (Wildman–Crippen LogP) is 8.78. The summed E-state index contributed by atoms with van der Waals surface area (Å²) >= 11 is 0. The molecule has 0 aliphatic carbocycles. The van der Waals surface area contributed by atoms with Gasteiger partial charge in [0.25, 0.3) is 0 Å². The van der Waals surface area contributed by atoms with Crippen LogP contribution < -0.4 is 4.57 Å². The zero-order valence-corrected chi connectivity index (χ0v) is 21.6. The molecule has 0 aliphatic rings. The van der Waals surface area contributed by atoms with E-state index >= 15 is 8.78 Å². The van der Waals surface area contributed by atoms with E-state index in [-0.39, 0.29) is 17.0 Å². The number of aryl methyl sites for hydroxylation is 2. The highest BCUT2D eigenvalue weighted by atomic mass is 19.1. The minimum atomic E-state index is -0.340. The summed E-state index contributed by atoms with van der Waals surface area (Å²) in [7, 11) is 1.92. The second-order valence-electron chi connectivity index (χ2n) is 10.8. The molecule has 0 amide bonds. The SMILES string of the molecule is Cc1ccc2c(oc3c(-c4cccc5ccccc45)c(F)ccc32)c1-c1cc(F)c(C(C)(C)C)c[n+]1C. The van der Waals surface area contributed by atoms with E-state index in [1.165, 1.54) is 6.07 Å². The standard InChI is InChI=1S/C33H28F2NO/c1-19-13-14-23-24-15-16-26(34)30(22-12-8-10-20-9-6-7-11-21(20)22)32(24)37-31(23)29(19)28-17-27(35)25(18-36(28)5)33(2,3)4/h6-18H,1-5H3/q+1. The first kappa shape index (κ1) is 23.4. The van der Waals surface area contributed by atoms with Crippen LogP contribution in [0.3, 0.4) is 0 Å². The molecule has 0 N–H and O–H groups in total. The molecule has 0 fully saturated rings. The van der Waals surface area contributed by atoms with Crippen molar-refractivity contribution in [1.82, 2.24) is 0 Å². The summed E-state index contributed by atoms with van der Waals surface area (Å²) in [5.41, 5.74) is 5.13. The van der Waals surface area contributed by atoms with Crippen molar-refractivity contribution in [2.75, 3.05) is 0 Å². The van der Waals surface area contributed by atoms with Crippen LogP contribution in [0.4, 0.5) is 8.78 Å². The number of furan rings is 1. The molecule has 0 radical (unpaired) electrons. The van der Waals surface area contributed by atoms with Gasteiger partial charge in [-0.15, -0.1) is 0 Å². The summed E-state index contributed by atoms with van der Waals surface area (Å²) in [5.74, 6) is -0.595. The lowest BCUT2D eigenvalue weighted by atomic mass is 9.87.